The van der Waals surface area contributed by atoms with E-state index in [1.54, 1.807) is 17.9 Å². The van der Waals surface area contributed by atoms with Crippen LogP contribution >= 0.6 is 11.8 Å². The first-order valence-corrected chi connectivity index (χ1v) is 9.87. The highest BCUT2D eigenvalue weighted by molar-refractivity contribution is 8.00. The van der Waals surface area contributed by atoms with Gasteiger partial charge in [0.05, 0.1) is 12.3 Å². The van der Waals surface area contributed by atoms with Crippen LogP contribution in [0, 0.1) is 0 Å². The number of primary amides is 1. The number of anilines is 3. The quantitative estimate of drug-likeness (QED) is 0.621. The number of nitrogens with two attached hydrogens (primary N) is 1. The van der Waals surface area contributed by atoms with Crippen LogP contribution in [-0.4, -0.2) is 36.6 Å². The van der Waals surface area contributed by atoms with Crippen molar-refractivity contribution in [3.8, 4) is 0 Å². The molecule has 0 radical (unpaired) electrons. The summed E-state index contributed by atoms with van der Waals surface area (Å²) in [5.74, 6) is -0.377. The first-order valence-electron chi connectivity index (χ1n) is 8.89. The maximum Gasteiger partial charge on any atom is 0.243 e. The van der Waals surface area contributed by atoms with Gasteiger partial charge in [-0.05, 0) is 42.3 Å². The number of carbonyl (C=O) groups excluding carboxylic acids is 3. The number of carbonyl (C=O) groups is 3. The Bertz CT molecular complexity index is 916. The van der Waals surface area contributed by atoms with Crippen molar-refractivity contribution >= 4 is 46.5 Å². The molecule has 4 N–H and O–H groups in total. The normalized spacial score (nSPS) is 12.4. The third-order valence-electron chi connectivity index (χ3n) is 4.34. The van der Waals surface area contributed by atoms with Crippen LogP contribution < -0.4 is 21.3 Å². The highest BCUT2D eigenvalue weighted by Gasteiger charge is 2.22. The van der Waals surface area contributed by atoms with Gasteiger partial charge in [-0.2, -0.15) is 0 Å². The summed E-state index contributed by atoms with van der Waals surface area (Å²) in [7, 11) is 0. The smallest absolute Gasteiger partial charge is 0.243 e. The van der Waals surface area contributed by atoms with Gasteiger partial charge >= 0.3 is 0 Å². The number of nitrogens with zero attached hydrogens (tertiary/aromatic N) is 1. The Kier molecular flexibility index (Phi) is 6.20. The number of benzene rings is 2. The lowest BCUT2D eigenvalue weighted by molar-refractivity contribution is -0.117. The van der Waals surface area contributed by atoms with Crippen LogP contribution in [0.2, 0.25) is 0 Å². The molecular weight excluding hydrogens is 376 g/mol. The van der Waals surface area contributed by atoms with E-state index >= 15 is 0 Å². The van der Waals surface area contributed by atoms with E-state index in [1.807, 2.05) is 36.4 Å². The number of hydrogen-bond acceptors (Lipinski definition) is 5. The van der Waals surface area contributed by atoms with E-state index in [0.29, 0.717) is 12.2 Å². The average Bonchev–Trinajstić information content (AvgIpc) is 3.08. The summed E-state index contributed by atoms with van der Waals surface area (Å²) in [5.41, 5.74) is 8.63. The third kappa shape index (κ3) is 4.83. The van der Waals surface area contributed by atoms with E-state index in [0.717, 1.165) is 28.3 Å². The summed E-state index contributed by atoms with van der Waals surface area (Å²) in [6, 6.07) is 13.0. The molecule has 28 heavy (non-hydrogen) atoms. The van der Waals surface area contributed by atoms with Crippen molar-refractivity contribution in [2.75, 3.05) is 34.4 Å². The van der Waals surface area contributed by atoms with Gasteiger partial charge in [-0.3, -0.25) is 14.4 Å². The van der Waals surface area contributed by atoms with Crippen molar-refractivity contribution in [2.24, 2.45) is 5.73 Å². The molecule has 2 aromatic rings. The van der Waals surface area contributed by atoms with Gasteiger partial charge in [0.15, 0.2) is 0 Å². The molecule has 146 valence electrons. The van der Waals surface area contributed by atoms with Crippen LogP contribution in [0.3, 0.4) is 0 Å². The second kappa shape index (κ2) is 8.79. The number of fused-ring (bicyclic) bond motifs is 1. The fraction of sp³-hybridized carbons (Fsp3) is 0.250. The molecule has 3 rings (SSSR count). The van der Waals surface area contributed by atoms with Crippen LogP contribution in [-0.2, 0) is 20.8 Å². The van der Waals surface area contributed by atoms with Gasteiger partial charge in [0.1, 0.15) is 0 Å². The zero-order chi connectivity index (χ0) is 20.1. The lowest BCUT2D eigenvalue weighted by Gasteiger charge is -2.15. The summed E-state index contributed by atoms with van der Waals surface area (Å²) in [4.78, 5) is 37.5. The molecule has 2 aromatic carbocycles. The molecule has 0 spiro atoms. The van der Waals surface area contributed by atoms with E-state index in [1.165, 1.54) is 11.8 Å². The number of rotatable bonds is 7. The second-order valence-electron chi connectivity index (χ2n) is 6.42. The van der Waals surface area contributed by atoms with Crippen LogP contribution in [0.4, 0.5) is 17.1 Å². The molecule has 3 amide bonds. The minimum atomic E-state index is -0.391. The zero-order valence-electron chi connectivity index (χ0n) is 15.5. The molecule has 0 saturated heterocycles. The van der Waals surface area contributed by atoms with Gasteiger partial charge in [-0.25, -0.2) is 0 Å². The van der Waals surface area contributed by atoms with E-state index in [-0.39, 0.29) is 24.1 Å². The van der Waals surface area contributed by atoms with Gasteiger partial charge in [0, 0.05) is 35.4 Å². The monoisotopic (exact) mass is 398 g/mol. The first kappa shape index (κ1) is 19.8. The molecule has 0 aromatic heterocycles. The Hall–Kier alpha value is -3.00. The number of nitrogens with one attached hydrogen (secondary N) is 2. The molecular formula is C20H22N4O3S. The summed E-state index contributed by atoms with van der Waals surface area (Å²) < 4.78 is 0. The lowest BCUT2D eigenvalue weighted by atomic mass is 10.1. The Labute approximate surface area is 167 Å². The molecule has 0 atom stereocenters. The minimum Gasteiger partial charge on any atom is -0.375 e. The molecule has 1 aliphatic rings. The van der Waals surface area contributed by atoms with Crippen molar-refractivity contribution < 1.29 is 14.4 Å². The molecule has 0 saturated carbocycles. The van der Waals surface area contributed by atoms with Crippen LogP contribution in [0.15, 0.2) is 47.4 Å². The Balaban J connectivity index is 1.59. The summed E-state index contributed by atoms with van der Waals surface area (Å²) in [5, 5.41) is 5.96. The van der Waals surface area contributed by atoms with Crippen LogP contribution in [0.5, 0.6) is 0 Å². The first-order chi connectivity index (χ1) is 13.4. The van der Waals surface area contributed by atoms with Crippen LogP contribution in [0.1, 0.15) is 12.5 Å². The number of thioether (sulfide) groups is 1. The van der Waals surface area contributed by atoms with Crippen LogP contribution in [0.25, 0.3) is 0 Å². The molecule has 7 nitrogen and oxygen atoms in total. The van der Waals surface area contributed by atoms with E-state index in [9.17, 15) is 14.4 Å². The highest BCUT2D eigenvalue weighted by atomic mass is 32.2. The van der Waals surface area contributed by atoms with Gasteiger partial charge in [0.2, 0.25) is 17.7 Å². The molecule has 0 bridgehead atoms. The summed E-state index contributed by atoms with van der Waals surface area (Å²) in [6.07, 6.45) is 0.779. The van der Waals surface area contributed by atoms with Gasteiger partial charge < -0.3 is 21.3 Å². The molecule has 1 heterocycles. The Morgan fingerprint density at radius 3 is 2.71 bits per heavy atom. The van der Waals surface area contributed by atoms with Crippen molar-refractivity contribution in [1.82, 2.24) is 0 Å². The summed E-state index contributed by atoms with van der Waals surface area (Å²) in [6.45, 7) is 2.31. The minimum absolute atomic E-state index is 0.0209. The maximum absolute atomic E-state index is 12.3. The largest absolute Gasteiger partial charge is 0.375 e. The van der Waals surface area contributed by atoms with E-state index in [2.05, 4.69) is 10.6 Å². The maximum atomic E-state index is 12.3. The Morgan fingerprint density at radius 2 is 1.96 bits per heavy atom. The molecule has 0 unspecified atom stereocenters. The van der Waals surface area contributed by atoms with Crippen molar-refractivity contribution in [3.63, 3.8) is 0 Å². The number of hydrogen-bond donors (Lipinski definition) is 3. The fourth-order valence-electron chi connectivity index (χ4n) is 3.07. The fourth-order valence-corrected chi connectivity index (χ4v) is 3.84. The molecule has 8 heteroatoms. The number of para-hydroxylation sites is 1. The predicted molar refractivity (Wildman–Crippen MR) is 112 cm³/mol. The van der Waals surface area contributed by atoms with Crippen molar-refractivity contribution in [1.29, 1.82) is 0 Å². The summed E-state index contributed by atoms with van der Waals surface area (Å²) >= 11 is 1.33. The molecule has 0 fully saturated rings. The highest BCUT2D eigenvalue weighted by Crippen LogP contribution is 2.30. The topological polar surface area (TPSA) is 105 Å². The SMILES string of the molecule is CC(=O)N1CCc2cc(NC(=O)CNc3ccccc3SCC(N)=O)ccc21. The second-order valence-corrected chi connectivity index (χ2v) is 7.43. The lowest BCUT2D eigenvalue weighted by Crippen LogP contribution is -2.25. The molecule has 1 aliphatic heterocycles. The van der Waals surface area contributed by atoms with Crippen molar-refractivity contribution in [3.05, 3.63) is 48.0 Å². The standard InChI is InChI=1S/C20H22N4O3S/c1-13(25)24-9-8-14-10-15(6-7-17(14)24)23-20(27)11-22-16-4-2-3-5-18(16)28-12-19(21)26/h2-7,10,22H,8-9,11-12H2,1H3,(H2,21,26)(H,23,27). The average molecular weight is 398 g/mol. The zero-order valence-corrected chi connectivity index (χ0v) is 16.3. The Morgan fingerprint density at radius 1 is 1.18 bits per heavy atom. The number of amides is 3. The third-order valence-corrected chi connectivity index (χ3v) is 5.43. The predicted octanol–water partition coefficient (Wildman–Crippen LogP) is 2.22. The van der Waals surface area contributed by atoms with Gasteiger partial charge in [-0.15, -0.1) is 11.8 Å². The van der Waals surface area contributed by atoms with Gasteiger partial charge in [-0.1, -0.05) is 12.1 Å². The van der Waals surface area contributed by atoms with E-state index in [4.69, 9.17) is 5.73 Å². The molecule has 0 aliphatic carbocycles. The van der Waals surface area contributed by atoms with Gasteiger partial charge in [0.25, 0.3) is 0 Å². The van der Waals surface area contributed by atoms with E-state index < -0.39 is 5.91 Å². The van der Waals surface area contributed by atoms with Crippen molar-refractivity contribution in [2.45, 2.75) is 18.2 Å².